The molecule has 2 aromatic carbocycles. The summed E-state index contributed by atoms with van der Waals surface area (Å²) >= 11 is 0. The highest BCUT2D eigenvalue weighted by Gasteiger charge is 2.12. The summed E-state index contributed by atoms with van der Waals surface area (Å²) in [6.45, 7) is -0.318. The van der Waals surface area contributed by atoms with Crippen LogP contribution in [0.5, 0.6) is 17.2 Å². The molecule has 0 aliphatic heterocycles. The van der Waals surface area contributed by atoms with Gasteiger partial charge in [-0.3, -0.25) is 23.5 Å². The Morgan fingerprint density at radius 2 is 1.67 bits per heavy atom. The Morgan fingerprint density at radius 1 is 0.900 bits per heavy atom. The largest absolute Gasteiger partial charge is 0.497 e. The van der Waals surface area contributed by atoms with Gasteiger partial charge in [0.1, 0.15) is 12.3 Å². The number of benzene rings is 2. The van der Waals surface area contributed by atoms with Gasteiger partial charge in [0, 0.05) is 30.2 Å². The van der Waals surface area contributed by atoms with Crippen LogP contribution in [0.2, 0.25) is 0 Å². The Kier molecular flexibility index (Phi) is 6.21. The summed E-state index contributed by atoms with van der Waals surface area (Å²) in [5.74, 6) is 1.06. The molecule has 1 aromatic heterocycles. The van der Waals surface area contributed by atoms with Gasteiger partial charge in [-0.05, 0) is 24.3 Å². The second-order valence-electron chi connectivity index (χ2n) is 6.23. The van der Waals surface area contributed by atoms with Gasteiger partial charge in [-0.2, -0.15) is 0 Å². The second-order valence-corrected chi connectivity index (χ2v) is 6.23. The first-order valence-electron chi connectivity index (χ1n) is 8.95. The van der Waals surface area contributed by atoms with Crippen LogP contribution in [-0.4, -0.2) is 36.4 Å². The molecule has 30 heavy (non-hydrogen) atoms. The summed E-state index contributed by atoms with van der Waals surface area (Å²) in [6.07, 6.45) is 2.82. The quantitative estimate of drug-likeness (QED) is 0.594. The lowest BCUT2D eigenvalue weighted by atomic mass is 10.2. The number of methoxy groups -OCH3 is 3. The van der Waals surface area contributed by atoms with Crippen molar-refractivity contribution in [3.05, 3.63) is 75.6 Å². The van der Waals surface area contributed by atoms with Crippen LogP contribution in [0.3, 0.4) is 0 Å². The molecule has 0 fully saturated rings. The van der Waals surface area contributed by atoms with Gasteiger partial charge in [0.2, 0.25) is 5.91 Å². The minimum absolute atomic E-state index is 0.318. The maximum absolute atomic E-state index is 12.5. The van der Waals surface area contributed by atoms with Gasteiger partial charge in [0.25, 0.3) is 0 Å². The molecule has 0 spiro atoms. The first-order chi connectivity index (χ1) is 14.5. The molecular weight excluding hydrogens is 390 g/mol. The van der Waals surface area contributed by atoms with Crippen molar-refractivity contribution in [1.82, 2.24) is 9.13 Å². The van der Waals surface area contributed by atoms with Crippen LogP contribution in [0, 0.1) is 0 Å². The molecule has 156 valence electrons. The van der Waals surface area contributed by atoms with Gasteiger partial charge >= 0.3 is 11.1 Å². The van der Waals surface area contributed by atoms with Crippen molar-refractivity contribution in [2.24, 2.45) is 0 Å². The van der Waals surface area contributed by atoms with E-state index in [2.05, 4.69) is 5.32 Å². The number of rotatable bonds is 7. The van der Waals surface area contributed by atoms with Crippen molar-refractivity contribution in [1.29, 1.82) is 0 Å². The Bertz CT molecular complexity index is 1180. The Labute approximate surface area is 172 Å². The van der Waals surface area contributed by atoms with E-state index in [9.17, 15) is 14.4 Å². The molecule has 0 unspecified atom stereocenters. The van der Waals surface area contributed by atoms with Crippen LogP contribution in [0.4, 0.5) is 5.69 Å². The van der Waals surface area contributed by atoms with E-state index in [-0.39, 0.29) is 6.54 Å². The van der Waals surface area contributed by atoms with Crippen LogP contribution in [0.25, 0.3) is 5.69 Å². The monoisotopic (exact) mass is 411 g/mol. The molecule has 0 saturated heterocycles. The molecule has 0 bridgehead atoms. The Morgan fingerprint density at radius 3 is 2.37 bits per heavy atom. The van der Waals surface area contributed by atoms with Crippen LogP contribution in [0.1, 0.15) is 0 Å². The summed E-state index contributed by atoms with van der Waals surface area (Å²) in [5.41, 5.74) is -0.638. The molecule has 0 saturated carbocycles. The highest BCUT2D eigenvalue weighted by atomic mass is 16.5. The molecule has 0 radical (unpaired) electrons. The topological polar surface area (TPSA) is 101 Å². The molecule has 1 heterocycles. The van der Waals surface area contributed by atoms with Crippen LogP contribution < -0.4 is 30.6 Å². The fourth-order valence-electron chi connectivity index (χ4n) is 2.87. The van der Waals surface area contributed by atoms with Crippen LogP contribution in [-0.2, 0) is 11.3 Å². The summed E-state index contributed by atoms with van der Waals surface area (Å²) in [4.78, 5) is 37.4. The van der Waals surface area contributed by atoms with E-state index in [4.69, 9.17) is 14.2 Å². The lowest BCUT2D eigenvalue weighted by Crippen LogP contribution is -2.41. The Balaban J connectivity index is 1.80. The zero-order valence-corrected chi connectivity index (χ0v) is 16.7. The Hall–Kier alpha value is -4.01. The number of aromatic nitrogens is 2. The molecule has 1 amide bonds. The van der Waals surface area contributed by atoms with Gasteiger partial charge in [-0.15, -0.1) is 0 Å². The number of anilines is 1. The summed E-state index contributed by atoms with van der Waals surface area (Å²) < 4.78 is 17.7. The minimum Gasteiger partial charge on any atom is -0.497 e. The summed E-state index contributed by atoms with van der Waals surface area (Å²) in [7, 11) is 4.51. The third-order valence-corrected chi connectivity index (χ3v) is 4.37. The standard InChI is InChI=1S/C21H21N3O6/c1-28-16-6-4-5-15(12-16)24-10-9-23(20(26)21(24)27)13-19(25)22-14-7-8-17(29-2)18(11-14)30-3/h4-12H,13H2,1-3H3,(H,22,25). The van der Waals surface area contributed by atoms with Crippen molar-refractivity contribution >= 4 is 11.6 Å². The predicted molar refractivity (Wildman–Crippen MR) is 111 cm³/mol. The van der Waals surface area contributed by atoms with Crippen molar-refractivity contribution < 1.29 is 19.0 Å². The molecule has 3 rings (SSSR count). The molecule has 0 atom stereocenters. The SMILES string of the molecule is COc1cccc(-n2ccn(CC(=O)Nc3ccc(OC)c(OC)c3)c(=O)c2=O)c1. The lowest BCUT2D eigenvalue weighted by Gasteiger charge is -2.12. The summed E-state index contributed by atoms with van der Waals surface area (Å²) in [5, 5.41) is 2.66. The van der Waals surface area contributed by atoms with Gasteiger partial charge < -0.3 is 19.5 Å². The van der Waals surface area contributed by atoms with E-state index < -0.39 is 17.0 Å². The average molecular weight is 411 g/mol. The number of carbonyl (C=O) groups excluding carboxylic acids is 1. The van der Waals surface area contributed by atoms with E-state index in [0.717, 1.165) is 4.57 Å². The van der Waals surface area contributed by atoms with Gasteiger partial charge in [0.05, 0.1) is 27.0 Å². The zero-order valence-electron chi connectivity index (χ0n) is 16.7. The van der Waals surface area contributed by atoms with Gasteiger partial charge in [0.15, 0.2) is 11.5 Å². The number of hydrogen-bond acceptors (Lipinski definition) is 6. The van der Waals surface area contributed by atoms with E-state index in [1.165, 1.54) is 38.3 Å². The molecule has 0 aliphatic rings. The normalized spacial score (nSPS) is 10.4. The minimum atomic E-state index is -0.817. The van der Waals surface area contributed by atoms with Crippen molar-refractivity contribution in [3.8, 4) is 22.9 Å². The highest BCUT2D eigenvalue weighted by Crippen LogP contribution is 2.29. The number of ether oxygens (including phenoxy) is 3. The second kappa shape index (κ2) is 8.99. The zero-order chi connectivity index (χ0) is 21.7. The lowest BCUT2D eigenvalue weighted by molar-refractivity contribution is -0.116. The maximum Gasteiger partial charge on any atom is 0.320 e. The first kappa shape index (κ1) is 20.7. The highest BCUT2D eigenvalue weighted by molar-refractivity contribution is 5.90. The third-order valence-electron chi connectivity index (χ3n) is 4.37. The number of carbonyl (C=O) groups is 1. The van der Waals surface area contributed by atoms with E-state index in [1.807, 2.05) is 0 Å². The molecule has 1 N–H and O–H groups in total. The molecule has 3 aromatic rings. The van der Waals surface area contributed by atoms with Gasteiger partial charge in [-0.1, -0.05) is 6.07 Å². The fraction of sp³-hybridized carbons (Fsp3) is 0.190. The van der Waals surface area contributed by atoms with E-state index in [0.29, 0.717) is 28.6 Å². The number of amides is 1. The summed E-state index contributed by atoms with van der Waals surface area (Å²) in [6, 6.07) is 11.6. The van der Waals surface area contributed by atoms with E-state index >= 15 is 0 Å². The molecule has 9 heteroatoms. The number of nitrogens with zero attached hydrogens (tertiary/aromatic N) is 2. The smallest absolute Gasteiger partial charge is 0.320 e. The number of nitrogens with one attached hydrogen (secondary N) is 1. The average Bonchev–Trinajstić information content (AvgIpc) is 2.77. The first-order valence-corrected chi connectivity index (χ1v) is 8.95. The fourth-order valence-corrected chi connectivity index (χ4v) is 2.87. The maximum atomic E-state index is 12.5. The van der Waals surface area contributed by atoms with Crippen LogP contribution in [0.15, 0.2) is 64.4 Å². The molecule has 0 aliphatic carbocycles. The van der Waals surface area contributed by atoms with Gasteiger partial charge in [-0.25, -0.2) is 0 Å². The van der Waals surface area contributed by atoms with Crippen molar-refractivity contribution in [3.63, 3.8) is 0 Å². The van der Waals surface area contributed by atoms with Crippen molar-refractivity contribution in [2.75, 3.05) is 26.6 Å². The predicted octanol–water partition coefficient (Wildman–Crippen LogP) is 1.66. The molecule has 9 nitrogen and oxygen atoms in total. The molecular formula is C21H21N3O6. The van der Waals surface area contributed by atoms with Crippen molar-refractivity contribution in [2.45, 2.75) is 6.54 Å². The number of hydrogen-bond donors (Lipinski definition) is 1. The van der Waals surface area contributed by atoms with Crippen LogP contribution >= 0.6 is 0 Å². The third kappa shape index (κ3) is 4.35. The van der Waals surface area contributed by atoms with E-state index in [1.54, 1.807) is 42.5 Å².